The number of carbonyl (C=O) groups excluding carboxylic acids is 2. The zero-order chi connectivity index (χ0) is 10.1. The van der Waals surface area contributed by atoms with Crippen LogP contribution in [0.3, 0.4) is 0 Å². The molecule has 0 bridgehead atoms. The summed E-state index contributed by atoms with van der Waals surface area (Å²) in [5.41, 5.74) is -1.71. The molecule has 2 unspecified atom stereocenters. The number of rotatable bonds is 2. The molecule has 13 heavy (non-hydrogen) atoms. The Hall–Kier alpha value is -0.870. The van der Waals surface area contributed by atoms with E-state index in [0.717, 1.165) is 0 Å². The first-order valence-corrected chi connectivity index (χ1v) is 4.25. The SMILES string of the molecule is CC(=O)C1(O)C=CC=CC1C(=O)S. The molecule has 2 atom stereocenters. The summed E-state index contributed by atoms with van der Waals surface area (Å²) < 4.78 is 0. The van der Waals surface area contributed by atoms with Crippen LogP contribution in [0.5, 0.6) is 0 Å². The van der Waals surface area contributed by atoms with E-state index in [1.54, 1.807) is 6.08 Å². The zero-order valence-electron chi connectivity index (χ0n) is 7.10. The number of hydrogen-bond acceptors (Lipinski definition) is 3. The van der Waals surface area contributed by atoms with Crippen molar-refractivity contribution in [2.75, 3.05) is 0 Å². The molecule has 0 aromatic carbocycles. The fourth-order valence-corrected chi connectivity index (χ4v) is 1.52. The van der Waals surface area contributed by atoms with Crippen LogP contribution >= 0.6 is 12.6 Å². The van der Waals surface area contributed by atoms with E-state index in [4.69, 9.17) is 0 Å². The van der Waals surface area contributed by atoms with Crippen molar-refractivity contribution in [2.45, 2.75) is 12.5 Å². The third kappa shape index (κ3) is 1.73. The molecule has 3 nitrogen and oxygen atoms in total. The zero-order valence-corrected chi connectivity index (χ0v) is 7.99. The predicted molar refractivity (Wildman–Crippen MR) is 51.4 cm³/mol. The highest BCUT2D eigenvalue weighted by Gasteiger charge is 2.41. The fourth-order valence-electron chi connectivity index (χ4n) is 1.23. The predicted octanol–water partition coefficient (Wildman–Crippen LogP) is 0.505. The lowest BCUT2D eigenvalue weighted by molar-refractivity contribution is -0.137. The van der Waals surface area contributed by atoms with Crippen molar-refractivity contribution in [1.82, 2.24) is 0 Å². The van der Waals surface area contributed by atoms with Crippen molar-refractivity contribution in [1.29, 1.82) is 0 Å². The number of ketones is 1. The molecule has 0 aromatic heterocycles. The van der Waals surface area contributed by atoms with Crippen molar-refractivity contribution >= 4 is 23.5 Å². The molecule has 4 heteroatoms. The third-order valence-electron chi connectivity index (χ3n) is 2.07. The fraction of sp³-hybridized carbons (Fsp3) is 0.333. The largest absolute Gasteiger partial charge is 0.377 e. The molecule has 1 N–H and O–H groups in total. The summed E-state index contributed by atoms with van der Waals surface area (Å²) in [5.74, 6) is -1.33. The quantitative estimate of drug-likeness (QED) is 0.635. The summed E-state index contributed by atoms with van der Waals surface area (Å²) in [7, 11) is 0. The lowest BCUT2D eigenvalue weighted by Gasteiger charge is -2.28. The van der Waals surface area contributed by atoms with E-state index in [2.05, 4.69) is 12.6 Å². The second kappa shape index (κ2) is 3.47. The van der Waals surface area contributed by atoms with Crippen LogP contribution in [0.4, 0.5) is 0 Å². The van der Waals surface area contributed by atoms with Gasteiger partial charge in [-0.3, -0.25) is 9.59 Å². The van der Waals surface area contributed by atoms with Gasteiger partial charge in [-0.25, -0.2) is 0 Å². The van der Waals surface area contributed by atoms with E-state index in [0.29, 0.717) is 0 Å². The highest BCUT2D eigenvalue weighted by Crippen LogP contribution is 2.27. The molecule has 0 aromatic rings. The molecule has 0 saturated heterocycles. The number of aliphatic hydroxyl groups is 1. The van der Waals surface area contributed by atoms with E-state index in [-0.39, 0.29) is 0 Å². The summed E-state index contributed by atoms with van der Waals surface area (Å²) in [6.45, 7) is 1.24. The topological polar surface area (TPSA) is 54.4 Å². The average Bonchev–Trinajstić information content (AvgIpc) is 2.04. The molecule has 1 aliphatic rings. The van der Waals surface area contributed by atoms with Crippen LogP contribution in [0.2, 0.25) is 0 Å². The van der Waals surface area contributed by atoms with Crippen LogP contribution in [-0.2, 0) is 9.59 Å². The summed E-state index contributed by atoms with van der Waals surface area (Å²) >= 11 is 3.61. The Morgan fingerprint density at radius 3 is 2.46 bits per heavy atom. The number of carbonyl (C=O) groups is 2. The minimum atomic E-state index is -1.71. The molecule has 0 amide bonds. The van der Waals surface area contributed by atoms with Crippen LogP contribution in [-0.4, -0.2) is 21.6 Å². The second-order valence-corrected chi connectivity index (χ2v) is 3.38. The maximum Gasteiger partial charge on any atom is 0.196 e. The first kappa shape index (κ1) is 10.2. The Balaban J connectivity index is 3.07. The van der Waals surface area contributed by atoms with Crippen molar-refractivity contribution < 1.29 is 14.7 Å². The number of Topliss-reactive ketones (excluding diaryl/α,β-unsaturated/α-hetero) is 1. The second-order valence-electron chi connectivity index (χ2n) is 2.94. The van der Waals surface area contributed by atoms with Crippen LogP contribution in [0, 0.1) is 5.92 Å². The maximum atomic E-state index is 11.1. The first-order chi connectivity index (χ1) is 5.98. The van der Waals surface area contributed by atoms with Gasteiger partial charge in [0.15, 0.2) is 16.5 Å². The van der Waals surface area contributed by atoms with E-state index < -0.39 is 22.4 Å². The van der Waals surface area contributed by atoms with Gasteiger partial charge < -0.3 is 5.11 Å². The van der Waals surface area contributed by atoms with Crippen LogP contribution < -0.4 is 0 Å². The van der Waals surface area contributed by atoms with Gasteiger partial charge in [0.05, 0.1) is 5.92 Å². The minimum Gasteiger partial charge on any atom is -0.377 e. The van der Waals surface area contributed by atoms with Crippen molar-refractivity contribution in [2.24, 2.45) is 5.92 Å². The highest BCUT2D eigenvalue weighted by atomic mass is 32.1. The van der Waals surface area contributed by atoms with Gasteiger partial charge >= 0.3 is 0 Å². The van der Waals surface area contributed by atoms with Gasteiger partial charge in [-0.2, -0.15) is 0 Å². The van der Waals surface area contributed by atoms with Crippen molar-refractivity contribution in [3.63, 3.8) is 0 Å². The summed E-state index contributed by atoms with van der Waals surface area (Å²) in [5, 5.41) is 9.31. The normalized spacial score (nSPS) is 31.8. The molecule has 70 valence electrons. The van der Waals surface area contributed by atoms with Gasteiger partial charge in [0.2, 0.25) is 0 Å². The van der Waals surface area contributed by atoms with E-state index in [9.17, 15) is 14.7 Å². The van der Waals surface area contributed by atoms with Gasteiger partial charge in [0.25, 0.3) is 0 Å². The Morgan fingerprint density at radius 2 is 2.08 bits per heavy atom. The Morgan fingerprint density at radius 1 is 1.46 bits per heavy atom. The van der Waals surface area contributed by atoms with Crippen molar-refractivity contribution in [3.8, 4) is 0 Å². The highest BCUT2D eigenvalue weighted by molar-refractivity contribution is 7.96. The molecular weight excluding hydrogens is 188 g/mol. The molecule has 1 aliphatic carbocycles. The minimum absolute atomic E-state index is 0.458. The van der Waals surface area contributed by atoms with Crippen LogP contribution in [0.1, 0.15) is 6.92 Å². The van der Waals surface area contributed by atoms with Gasteiger partial charge in [-0.05, 0) is 13.0 Å². The Labute approximate surface area is 81.5 Å². The number of hydrogen-bond donors (Lipinski definition) is 2. The van der Waals surface area contributed by atoms with Gasteiger partial charge in [-0.1, -0.05) is 18.2 Å². The van der Waals surface area contributed by atoms with Gasteiger partial charge in [0.1, 0.15) is 0 Å². The molecule has 1 rings (SSSR count). The lowest BCUT2D eigenvalue weighted by Crippen LogP contribution is -2.45. The monoisotopic (exact) mass is 198 g/mol. The Bertz CT molecular complexity index is 306. The maximum absolute atomic E-state index is 11.1. The van der Waals surface area contributed by atoms with Crippen molar-refractivity contribution in [3.05, 3.63) is 24.3 Å². The molecule has 0 aliphatic heterocycles. The summed E-state index contributed by atoms with van der Waals surface area (Å²) in [4.78, 5) is 22.1. The van der Waals surface area contributed by atoms with Crippen LogP contribution in [0.15, 0.2) is 24.3 Å². The molecular formula is C9H10O3S. The first-order valence-electron chi connectivity index (χ1n) is 3.80. The number of thiol groups is 1. The van der Waals surface area contributed by atoms with E-state index in [1.165, 1.54) is 25.2 Å². The van der Waals surface area contributed by atoms with Crippen LogP contribution in [0.25, 0.3) is 0 Å². The molecule has 0 saturated carbocycles. The molecule has 0 radical (unpaired) electrons. The molecule has 0 fully saturated rings. The summed E-state index contributed by atoms with van der Waals surface area (Å²) in [6.07, 6.45) is 5.93. The molecule has 0 spiro atoms. The van der Waals surface area contributed by atoms with Gasteiger partial charge in [-0.15, -0.1) is 12.6 Å². The third-order valence-corrected chi connectivity index (χ3v) is 2.35. The Kier molecular flexibility index (Phi) is 2.73. The summed E-state index contributed by atoms with van der Waals surface area (Å²) in [6, 6.07) is 0. The lowest BCUT2D eigenvalue weighted by atomic mass is 9.82. The number of allylic oxidation sites excluding steroid dienone is 2. The smallest absolute Gasteiger partial charge is 0.196 e. The van der Waals surface area contributed by atoms with Gasteiger partial charge in [0, 0.05) is 0 Å². The molecule has 0 heterocycles. The average molecular weight is 198 g/mol. The van der Waals surface area contributed by atoms with E-state index >= 15 is 0 Å². The standard InChI is InChI=1S/C9H10O3S/c1-6(10)9(12)5-3-2-4-7(9)8(11)13/h2-5,7,12H,1H3,(H,11,13). The van der Waals surface area contributed by atoms with E-state index in [1.807, 2.05) is 0 Å².